The van der Waals surface area contributed by atoms with Gasteiger partial charge in [-0.2, -0.15) is 0 Å². The van der Waals surface area contributed by atoms with Crippen molar-refractivity contribution in [2.75, 3.05) is 13.7 Å². The van der Waals surface area contributed by atoms with E-state index >= 15 is 0 Å². The maximum atomic E-state index is 11.9. The Bertz CT molecular complexity index is 821. The zero-order valence-electron chi connectivity index (χ0n) is 21.6. The molecule has 0 aromatic carbocycles. The SMILES string of the molecule is COP(=O)(O)OCCC[C@@H](C)[C@H]1CC[C@@]23C4CC[C@H]5C[C@@H](O)CC[C@]5(C)[C@@H](CC[C@]12C)[C@H](O)C43. The second-order valence-corrected chi connectivity index (χ2v) is 14.7. The smallest absolute Gasteiger partial charge is 0.393 e. The molecule has 0 aliphatic heterocycles. The lowest BCUT2D eigenvalue weighted by molar-refractivity contribution is -0.0842. The summed E-state index contributed by atoms with van der Waals surface area (Å²) in [4.78, 5) is 9.49. The van der Waals surface area contributed by atoms with E-state index in [0.29, 0.717) is 35.5 Å². The molecule has 5 fully saturated rings. The van der Waals surface area contributed by atoms with Gasteiger partial charge in [-0.1, -0.05) is 20.8 Å². The van der Waals surface area contributed by atoms with E-state index in [4.69, 9.17) is 4.52 Å². The Balaban J connectivity index is 1.34. The molecule has 0 heterocycles. The first-order valence-electron chi connectivity index (χ1n) is 13.9. The van der Waals surface area contributed by atoms with Crippen molar-refractivity contribution in [3.63, 3.8) is 0 Å². The highest BCUT2D eigenvalue weighted by Crippen LogP contribution is 2.83. The lowest BCUT2D eigenvalue weighted by atomic mass is 9.54. The van der Waals surface area contributed by atoms with Crippen LogP contribution in [0.15, 0.2) is 0 Å². The van der Waals surface area contributed by atoms with Crippen molar-refractivity contribution in [2.24, 2.45) is 51.8 Å². The van der Waals surface area contributed by atoms with E-state index in [0.717, 1.165) is 38.5 Å². The summed E-state index contributed by atoms with van der Waals surface area (Å²) in [6, 6.07) is 0. The first-order chi connectivity index (χ1) is 16.0. The maximum absolute atomic E-state index is 11.9. The average Bonchev–Trinajstić information content (AvgIpc) is 3.37. The van der Waals surface area contributed by atoms with Gasteiger partial charge in [-0.05, 0) is 122 Å². The van der Waals surface area contributed by atoms with Crippen LogP contribution in [0.2, 0.25) is 0 Å². The molecule has 2 bridgehead atoms. The predicted octanol–water partition coefficient (Wildman–Crippen LogP) is 5.55. The fourth-order valence-corrected chi connectivity index (χ4v) is 11.0. The fraction of sp³-hybridized carbons (Fsp3) is 1.00. The third-order valence-corrected chi connectivity index (χ3v) is 13.2. The van der Waals surface area contributed by atoms with Gasteiger partial charge in [0.1, 0.15) is 0 Å². The summed E-state index contributed by atoms with van der Waals surface area (Å²) in [5.74, 6) is 3.16. The molecule has 7 heteroatoms. The minimum Gasteiger partial charge on any atom is -0.393 e. The van der Waals surface area contributed by atoms with Gasteiger partial charge in [0.15, 0.2) is 0 Å². The third-order valence-electron chi connectivity index (χ3n) is 12.2. The third kappa shape index (κ3) is 3.72. The molecule has 196 valence electrons. The fourth-order valence-electron chi connectivity index (χ4n) is 10.5. The highest BCUT2D eigenvalue weighted by atomic mass is 31.2. The Kier molecular flexibility index (Phi) is 6.65. The van der Waals surface area contributed by atoms with E-state index in [1.54, 1.807) is 0 Å². The molecule has 0 saturated heterocycles. The van der Waals surface area contributed by atoms with Crippen LogP contribution in [0.3, 0.4) is 0 Å². The summed E-state index contributed by atoms with van der Waals surface area (Å²) in [5, 5.41) is 22.3. The average molecular weight is 499 g/mol. The van der Waals surface area contributed by atoms with Gasteiger partial charge < -0.3 is 15.1 Å². The van der Waals surface area contributed by atoms with Crippen LogP contribution < -0.4 is 0 Å². The van der Waals surface area contributed by atoms with Gasteiger partial charge in [0, 0.05) is 7.11 Å². The summed E-state index contributed by atoms with van der Waals surface area (Å²) in [7, 11) is -2.70. The van der Waals surface area contributed by atoms with Gasteiger partial charge in [-0.3, -0.25) is 9.05 Å². The second kappa shape index (κ2) is 8.81. The number of rotatable bonds is 7. The number of phosphoric acid groups is 1. The molecule has 5 aliphatic carbocycles. The highest BCUT2D eigenvalue weighted by molar-refractivity contribution is 7.47. The molecular weight excluding hydrogens is 451 g/mol. The first-order valence-corrected chi connectivity index (χ1v) is 15.4. The Labute approximate surface area is 205 Å². The van der Waals surface area contributed by atoms with Crippen LogP contribution in [0, 0.1) is 51.8 Å². The molecule has 0 radical (unpaired) electrons. The van der Waals surface area contributed by atoms with Crippen LogP contribution >= 0.6 is 7.82 Å². The van der Waals surface area contributed by atoms with Gasteiger partial charge in [0.2, 0.25) is 0 Å². The molecule has 5 rings (SSSR count). The lowest BCUT2D eigenvalue weighted by Crippen LogP contribution is -2.47. The molecule has 1 spiro atoms. The molecule has 34 heavy (non-hydrogen) atoms. The Morgan fingerprint density at radius 3 is 2.53 bits per heavy atom. The summed E-state index contributed by atoms with van der Waals surface area (Å²) >= 11 is 0. The van der Waals surface area contributed by atoms with Gasteiger partial charge in [0.25, 0.3) is 0 Å². The van der Waals surface area contributed by atoms with Crippen LogP contribution in [-0.4, -0.2) is 41.0 Å². The Hall–Kier alpha value is 0.0300. The van der Waals surface area contributed by atoms with Crippen LogP contribution in [0.4, 0.5) is 0 Å². The van der Waals surface area contributed by atoms with E-state index in [1.165, 1.54) is 39.2 Å². The van der Waals surface area contributed by atoms with Crippen molar-refractivity contribution in [3.05, 3.63) is 0 Å². The van der Waals surface area contributed by atoms with Crippen molar-refractivity contribution in [2.45, 2.75) is 104 Å². The number of aliphatic hydroxyl groups is 2. The zero-order valence-corrected chi connectivity index (χ0v) is 22.5. The van der Waals surface area contributed by atoms with E-state index in [9.17, 15) is 19.7 Å². The molecule has 0 aromatic rings. The number of hydrogen-bond donors (Lipinski definition) is 3. The zero-order chi connectivity index (χ0) is 24.5. The summed E-state index contributed by atoms with van der Waals surface area (Å²) in [6.07, 6.45) is 11.5. The van der Waals surface area contributed by atoms with Crippen LogP contribution in [0.25, 0.3) is 0 Å². The maximum Gasteiger partial charge on any atom is 0.471 e. The molecule has 6 nitrogen and oxygen atoms in total. The van der Waals surface area contributed by atoms with Crippen LogP contribution in [-0.2, 0) is 13.6 Å². The molecule has 5 saturated carbocycles. The second-order valence-electron chi connectivity index (χ2n) is 13.2. The minimum absolute atomic E-state index is 0.153. The molecule has 0 aromatic heterocycles. The standard InChI is InChI=1S/C27H47O6P/c1-17(6-5-15-33-34(30,31)32-4)20-11-14-27-21-8-7-18-16-19(28)9-12-25(18,2)22(24(29)23(21)27)10-13-26(20,27)3/h17-24,28-29H,5-16H2,1-4H3,(H,30,31)/t17-,18+,19+,20-,21?,22+,23?,24+,25+,26-,27+/m1/s1. The van der Waals surface area contributed by atoms with Crippen molar-refractivity contribution in [1.29, 1.82) is 0 Å². The number of aliphatic hydroxyl groups excluding tert-OH is 2. The largest absolute Gasteiger partial charge is 0.471 e. The first kappa shape index (κ1) is 25.7. The Morgan fingerprint density at radius 2 is 1.79 bits per heavy atom. The van der Waals surface area contributed by atoms with Gasteiger partial charge >= 0.3 is 7.82 Å². The lowest BCUT2D eigenvalue weighted by Gasteiger charge is -2.51. The van der Waals surface area contributed by atoms with Gasteiger partial charge in [0.05, 0.1) is 18.8 Å². The molecule has 12 atom stereocenters. The molecule has 5 aliphatic rings. The topological polar surface area (TPSA) is 96.2 Å². The molecule has 3 N–H and O–H groups in total. The van der Waals surface area contributed by atoms with Crippen LogP contribution in [0.5, 0.6) is 0 Å². The number of hydrogen-bond acceptors (Lipinski definition) is 5. The van der Waals surface area contributed by atoms with Crippen molar-refractivity contribution in [1.82, 2.24) is 0 Å². The molecule has 0 amide bonds. The van der Waals surface area contributed by atoms with Gasteiger partial charge in [-0.15, -0.1) is 0 Å². The predicted molar refractivity (Wildman–Crippen MR) is 131 cm³/mol. The summed E-state index contributed by atoms with van der Waals surface area (Å²) in [5.41, 5.74) is 0.699. The monoisotopic (exact) mass is 498 g/mol. The quantitative estimate of drug-likeness (QED) is 0.315. The summed E-state index contributed by atoms with van der Waals surface area (Å²) < 4.78 is 21.2. The van der Waals surface area contributed by atoms with E-state index in [-0.39, 0.29) is 35.1 Å². The summed E-state index contributed by atoms with van der Waals surface area (Å²) in [6.45, 7) is 7.60. The van der Waals surface area contributed by atoms with E-state index in [1.807, 2.05) is 0 Å². The van der Waals surface area contributed by atoms with Crippen molar-refractivity contribution < 1.29 is 28.7 Å². The Morgan fingerprint density at radius 1 is 1.03 bits per heavy atom. The molecule has 3 unspecified atom stereocenters. The number of fused-ring (bicyclic) bond motifs is 3. The number of phosphoric ester groups is 1. The minimum atomic E-state index is -3.89. The highest BCUT2D eigenvalue weighted by Gasteiger charge is 2.79. The van der Waals surface area contributed by atoms with E-state index < -0.39 is 7.82 Å². The normalized spacial score (nSPS) is 52.4. The van der Waals surface area contributed by atoms with Crippen LogP contribution in [0.1, 0.15) is 91.4 Å². The van der Waals surface area contributed by atoms with Gasteiger partial charge in [-0.25, -0.2) is 4.57 Å². The van der Waals surface area contributed by atoms with E-state index in [2.05, 4.69) is 25.3 Å². The van der Waals surface area contributed by atoms with Crippen molar-refractivity contribution >= 4 is 7.82 Å². The molecular formula is C27H47O6P. The van der Waals surface area contributed by atoms with Crippen molar-refractivity contribution in [3.8, 4) is 0 Å².